The Labute approximate surface area is 151 Å². The van der Waals surface area contributed by atoms with Crippen LogP contribution in [0.25, 0.3) is 22.9 Å². The number of oxazole rings is 1. The summed E-state index contributed by atoms with van der Waals surface area (Å²) in [6.45, 7) is 4.06. The Morgan fingerprint density at radius 3 is 2.62 bits per heavy atom. The molecule has 4 aromatic rings. The highest BCUT2D eigenvalue weighted by molar-refractivity contribution is 5.63. The van der Waals surface area contributed by atoms with Crippen LogP contribution >= 0.6 is 0 Å². The summed E-state index contributed by atoms with van der Waals surface area (Å²) in [5, 5.41) is 3.22. The van der Waals surface area contributed by atoms with E-state index >= 15 is 0 Å². The summed E-state index contributed by atoms with van der Waals surface area (Å²) >= 11 is 0. The van der Waals surface area contributed by atoms with E-state index in [0.29, 0.717) is 17.5 Å². The monoisotopic (exact) mass is 342 g/mol. The number of hydrogen-bond acceptors (Lipinski definition) is 5. The topological polar surface area (TPSA) is 63.8 Å². The van der Waals surface area contributed by atoms with Gasteiger partial charge in [0.1, 0.15) is 17.3 Å². The van der Waals surface area contributed by atoms with Gasteiger partial charge in [-0.3, -0.25) is 0 Å². The van der Waals surface area contributed by atoms with E-state index in [1.54, 1.807) is 12.4 Å². The van der Waals surface area contributed by atoms with Crippen LogP contribution in [0.1, 0.15) is 11.1 Å². The van der Waals surface area contributed by atoms with Gasteiger partial charge >= 0.3 is 0 Å². The Morgan fingerprint density at radius 1 is 0.885 bits per heavy atom. The quantitative estimate of drug-likeness (QED) is 0.555. The van der Waals surface area contributed by atoms with Gasteiger partial charge in [0.25, 0.3) is 0 Å². The summed E-state index contributed by atoms with van der Waals surface area (Å²) in [6.07, 6.45) is 3.48. The molecule has 0 atom stereocenters. The lowest BCUT2D eigenvalue weighted by Gasteiger charge is -2.06. The van der Waals surface area contributed by atoms with Crippen LogP contribution in [0.15, 0.2) is 71.4 Å². The minimum absolute atomic E-state index is 0.596. The number of anilines is 2. The number of nitrogens with zero attached hydrogens (tertiary/aromatic N) is 3. The van der Waals surface area contributed by atoms with Crippen LogP contribution in [0, 0.1) is 13.8 Å². The molecular formula is C21H18N4O. The fraction of sp³-hybridized carbons (Fsp3) is 0.0952. The summed E-state index contributed by atoms with van der Waals surface area (Å²) in [7, 11) is 0. The number of pyridine rings is 2. The van der Waals surface area contributed by atoms with E-state index in [4.69, 9.17) is 4.42 Å². The fourth-order valence-corrected chi connectivity index (χ4v) is 2.71. The zero-order chi connectivity index (χ0) is 17.9. The van der Waals surface area contributed by atoms with Crippen molar-refractivity contribution in [1.82, 2.24) is 15.0 Å². The van der Waals surface area contributed by atoms with Gasteiger partial charge in [0, 0.05) is 11.8 Å². The second-order valence-corrected chi connectivity index (χ2v) is 6.10. The number of benzene rings is 1. The molecule has 0 radical (unpaired) electrons. The molecule has 5 nitrogen and oxygen atoms in total. The highest BCUT2D eigenvalue weighted by atomic mass is 16.4. The SMILES string of the molecule is Cc1ccnc(Nc2cccc(-c3cnc(-c4ccccc4C)o3)n2)c1. The van der Waals surface area contributed by atoms with Gasteiger partial charge in [0.15, 0.2) is 5.76 Å². The molecule has 4 rings (SSSR count). The maximum atomic E-state index is 5.94. The Kier molecular flexibility index (Phi) is 4.19. The van der Waals surface area contributed by atoms with E-state index in [1.807, 2.05) is 68.4 Å². The molecule has 3 aromatic heterocycles. The van der Waals surface area contributed by atoms with Crippen molar-refractivity contribution in [3.63, 3.8) is 0 Å². The van der Waals surface area contributed by atoms with Crippen molar-refractivity contribution in [3.05, 3.63) is 78.1 Å². The van der Waals surface area contributed by atoms with Gasteiger partial charge in [-0.15, -0.1) is 0 Å². The number of aromatic nitrogens is 3. The number of rotatable bonds is 4. The van der Waals surface area contributed by atoms with Gasteiger partial charge < -0.3 is 9.73 Å². The second-order valence-electron chi connectivity index (χ2n) is 6.10. The van der Waals surface area contributed by atoms with Crippen molar-refractivity contribution in [1.29, 1.82) is 0 Å². The number of nitrogens with one attached hydrogen (secondary N) is 1. The van der Waals surface area contributed by atoms with Gasteiger partial charge in [-0.25, -0.2) is 15.0 Å². The molecular weight excluding hydrogens is 324 g/mol. The van der Waals surface area contributed by atoms with Gasteiger partial charge in [0.2, 0.25) is 5.89 Å². The predicted octanol–water partition coefficient (Wildman–Crippen LogP) is 5.16. The first kappa shape index (κ1) is 16.0. The standard InChI is InChI=1S/C21H18N4O/c1-14-10-11-22-20(12-14)25-19-9-5-8-17(24-19)18-13-23-21(26-18)16-7-4-3-6-15(16)2/h3-13H,1-2H3,(H,22,24,25). The largest absolute Gasteiger partial charge is 0.434 e. The maximum absolute atomic E-state index is 5.94. The molecule has 0 unspecified atom stereocenters. The van der Waals surface area contributed by atoms with Gasteiger partial charge in [0.05, 0.1) is 6.20 Å². The van der Waals surface area contributed by atoms with Crippen LogP contribution in [0.2, 0.25) is 0 Å². The van der Waals surface area contributed by atoms with Gasteiger partial charge in [-0.1, -0.05) is 24.3 Å². The van der Waals surface area contributed by atoms with E-state index in [9.17, 15) is 0 Å². The van der Waals surface area contributed by atoms with Crippen LogP contribution in [0.4, 0.5) is 11.6 Å². The molecule has 3 heterocycles. The lowest BCUT2D eigenvalue weighted by molar-refractivity contribution is 0.586. The van der Waals surface area contributed by atoms with E-state index < -0.39 is 0 Å². The summed E-state index contributed by atoms with van der Waals surface area (Å²) in [5.41, 5.74) is 3.96. The summed E-state index contributed by atoms with van der Waals surface area (Å²) in [6, 6.07) is 17.7. The van der Waals surface area contributed by atoms with E-state index in [0.717, 1.165) is 28.2 Å². The zero-order valence-corrected chi connectivity index (χ0v) is 14.6. The normalized spacial score (nSPS) is 10.7. The number of aryl methyl sites for hydroxylation is 2. The molecule has 0 spiro atoms. The molecule has 1 N–H and O–H groups in total. The van der Waals surface area contributed by atoms with E-state index in [1.165, 1.54) is 0 Å². The molecule has 5 heteroatoms. The average molecular weight is 342 g/mol. The fourth-order valence-electron chi connectivity index (χ4n) is 2.71. The van der Waals surface area contributed by atoms with Crippen LogP contribution < -0.4 is 5.32 Å². The number of hydrogen-bond donors (Lipinski definition) is 1. The predicted molar refractivity (Wildman–Crippen MR) is 102 cm³/mol. The van der Waals surface area contributed by atoms with Crippen molar-refractivity contribution in [2.24, 2.45) is 0 Å². The molecule has 0 saturated carbocycles. The van der Waals surface area contributed by atoms with Crippen molar-refractivity contribution in [2.75, 3.05) is 5.32 Å². The first-order valence-electron chi connectivity index (χ1n) is 8.38. The molecule has 0 aliphatic rings. The van der Waals surface area contributed by atoms with Crippen molar-refractivity contribution >= 4 is 11.6 Å². The molecule has 0 aliphatic heterocycles. The Hall–Kier alpha value is -3.47. The molecule has 0 saturated heterocycles. The Morgan fingerprint density at radius 2 is 1.77 bits per heavy atom. The molecule has 1 aromatic carbocycles. The second kappa shape index (κ2) is 6.80. The molecule has 0 bridgehead atoms. The zero-order valence-electron chi connectivity index (χ0n) is 14.6. The van der Waals surface area contributed by atoms with Gasteiger partial charge in [-0.05, 0) is 55.3 Å². The Balaban J connectivity index is 1.62. The molecule has 0 aliphatic carbocycles. The molecule has 128 valence electrons. The lowest BCUT2D eigenvalue weighted by atomic mass is 10.1. The van der Waals surface area contributed by atoms with Gasteiger partial charge in [-0.2, -0.15) is 0 Å². The third kappa shape index (κ3) is 3.32. The third-order valence-electron chi connectivity index (χ3n) is 4.05. The van der Waals surface area contributed by atoms with Crippen molar-refractivity contribution in [2.45, 2.75) is 13.8 Å². The molecule has 0 amide bonds. The summed E-state index contributed by atoms with van der Waals surface area (Å²) < 4.78 is 5.94. The lowest BCUT2D eigenvalue weighted by Crippen LogP contribution is -1.96. The van der Waals surface area contributed by atoms with Crippen LogP contribution in [-0.2, 0) is 0 Å². The third-order valence-corrected chi connectivity index (χ3v) is 4.05. The van der Waals surface area contributed by atoms with Crippen LogP contribution in [0.5, 0.6) is 0 Å². The maximum Gasteiger partial charge on any atom is 0.227 e. The summed E-state index contributed by atoms with van der Waals surface area (Å²) in [5.74, 6) is 2.69. The summed E-state index contributed by atoms with van der Waals surface area (Å²) in [4.78, 5) is 13.3. The first-order chi connectivity index (χ1) is 12.7. The highest BCUT2D eigenvalue weighted by Crippen LogP contribution is 2.27. The molecule has 0 fully saturated rings. The van der Waals surface area contributed by atoms with E-state index in [2.05, 4.69) is 20.3 Å². The smallest absolute Gasteiger partial charge is 0.227 e. The first-order valence-corrected chi connectivity index (χ1v) is 8.38. The average Bonchev–Trinajstić information content (AvgIpc) is 3.12. The van der Waals surface area contributed by atoms with E-state index in [-0.39, 0.29) is 0 Å². The minimum atomic E-state index is 0.596. The highest BCUT2D eigenvalue weighted by Gasteiger charge is 2.11. The van der Waals surface area contributed by atoms with Crippen molar-refractivity contribution in [3.8, 4) is 22.9 Å². The van der Waals surface area contributed by atoms with Crippen LogP contribution in [0.3, 0.4) is 0 Å². The molecule has 26 heavy (non-hydrogen) atoms. The minimum Gasteiger partial charge on any atom is -0.434 e. The van der Waals surface area contributed by atoms with Crippen LogP contribution in [-0.4, -0.2) is 15.0 Å². The Bertz CT molecular complexity index is 1060. The van der Waals surface area contributed by atoms with Crippen molar-refractivity contribution < 1.29 is 4.42 Å².